The first-order valence-corrected chi connectivity index (χ1v) is 7.39. The minimum atomic E-state index is 0.379. The molecule has 0 aromatic heterocycles. The number of hydrogen-bond donors (Lipinski definition) is 0. The molecular formula is C13H21Hf. The quantitative estimate of drug-likeness (QED) is 0.660. The van der Waals surface area contributed by atoms with Gasteiger partial charge in [0.1, 0.15) is 0 Å². The van der Waals surface area contributed by atoms with Crippen molar-refractivity contribution in [1.29, 1.82) is 0 Å². The number of rotatable bonds is 3. The Hall–Kier alpha value is 0.350. The molecule has 0 atom stereocenters. The Balaban J connectivity index is 2.67. The molecule has 0 aliphatic heterocycles. The summed E-state index contributed by atoms with van der Waals surface area (Å²) in [5.41, 5.74) is 3.70. The van der Waals surface area contributed by atoms with Crippen LogP contribution in [0.25, 0.3) is 0 Å². The van der Waals surface area contributed by atoms with Crippen molar-refractivity contribution in [3.63, 3.8) is 0 Å². The van der Waals surface area contributed by atoms with Gasteiger partial charge in [-0.15, -0.1) is 0 Å². The van der Waals surface area contributed by atoms with Crippen LogP contribution in [0.15, 0.2) is 20.6 Å². The van der Waals surface area contributed by atoms with E-state index < -0.39 is 0 Å². The average Bonchev–Trinajstić information content (AvgIpc) is 2.43. The zero-order valence-electron chi connectivity index (χ0n) is 9.91. The molecule has 0 aromatic rings. The fourth-order valence-corrected chi connectivity index (χ4v) is 3.12. The molecule has 0 saturated heterocycles. The van der Waals surface area contributed by atoms with Gasteiger partial charge in [0.2, 0.25) is 0 Å². The summed E-state index contributed by atoms with van der Waals surface area (Å²) in [6, 6.07) is 0. The van der Waals surface area contributed by atoms with Crippen molar-refractivity contribution in [2.75, 3.05) is 0 Å². The summed E-state index contributed by atoms with van der Waals surface area (Å²) >= 11 is 1.25. The van der Waals surface area contributed by atoms with E-state index >= 15 is 0 Å². The van der Waals surface area contributed by atoms with Crippen molar-refractivity contribution in [1.82, 2.24) is 0 Å². The van der Waals surface area contributed by atoms with Crippen molar-refractivity contribution in [3.8, 4) is 0 Å². The van der Waals surface area contributed by atoms with Crippen molar-refractivity contribution >= 4 is 0 Å². The summed E-state index contributed by atoms with van der Waals surface area (Å²) in [5, 5.41) is 0. The summed E-state index contributed by atoms with van der Waals surface area (Å²) in [7, 11) is 0. The van der Waals surface area contributed by atoms with Crippen LogP contribution in [0.1, 0.15) is 53.4 Å². The molecule has 1 rings (SSSR count). The van der Waals surface area contributed by atoms with E-state index in [0.717, 1.165) is 0 Å². The normalized spacial score (nSPS) is 17.5. The summed E-state index contributed by atoms with van der Waals surface area (Å²) in [4.78, 5) is 0. The predicted molar refractivity (Wildman–Crippen MR) is 58.7 cm³/mol. The van der Waals surface area contributed by atoms with Gasteiger partial charge in [-0.2, -0.15) is 0 Å². The zero-order chi connectivity index (χ0) is 10.8. The maximum absolute atomic E-state index is 2.48. The molecule has 1 aliphatic carbocycles. The Morgan fingerprint density at radius 3 is 2.43 bits per heavy atom. The van der Waals surface area contributed by atoms with Gasteiger partial charge in [0.25, 0.3) is 0 Å². The van der Waals surface area contributed by atoms with Crippen molar-refractivity contribution < 1.29 is 24.4 Å². The molecule has 0 bridgehead atoms. The summed E-state index contributed by atoms with van der Waals surface area (Å²) in [6.07, 6.45) is 7.74. The van der Waals surface area contributed by atoms with Crippen LogP contribution < -0.4 is 0 Å². The third kappa shape index (κ3) is 3.19. The first-order chi connectivity index (χ1) is 6.45. The molecule has 0 radical (unpaired) electrons. The number of allylic oxidation sites excluding steroid dienone is 4. The van der Waals surface area contributed by atoms with Gasteiger partial charge in [-0.3, -0.25) is 0 Å². The molecule has 0 N–H and O–H groups in total. The van der Waals surface area contributed by atoms with E-state index in [0.29, 0.717) is 5.41 Å². The fourth-order valence-electron chi connectivity index (χ4n) is 1.72. The Morgan fingerprint density at radius 1 is 1.36 bits per heavy atom. The Bertz CT molecular complexity index is 263. The van der Waals surface area contributed by atoms with E-state index in [9.17, 15) is 0 Å². The molecule has 1 aliphatic rings. The van der Waals surface area contributed by atoms with Crippen molar-refractivity contribution in [2.24, 2.45) is 5.41 Å². The van der Waals surface area contributed by atoms with Gasteiger partial charge in [0.15, 0.2) is 0 Å². The molecule has 0 fully saturated rings. The fraction of sp³-hybridized carbons (Fsp3) is 0.692. The van der Waals surface area contributed by atoms with Crippen molar-refractivity contribution in [2.45, 2.75) is 53.4 Å². The van der Waals surface area contributed by atoms with Crippen LogP contribution in [0.5, 0.6) is 0 Å². The first-order valence-electron chi connectivity index (χ1n) is 5.60. The monoisotopic (exact) mass is 357 g/mol. The molecule has 0 nitrogen and oxygen atoms in total. The molecule has 0 spiro atoms. The Labute approximate surface area is 103 Å². The Kier molecular flexibility index (Phi) is 4.36. The topological polar surface area (TPSA) is 0 Å². The van der Waals surface area contributed by atoms with Gasteiger partial charge in [-0.25, -0.2) is 0 Å². The van der Waals surface area contributed by atoms with Crippen LogP contribution in [-0.4, -0.2) is 0 Å². The van der Waals surface area contributed by atoms with Gasteiger partial charge in [0.05, 0.1) is 0 Å². The standard InChI is InChI=1S/C13H21.Hf/c1-5-6-7-11-8-9-12(10-11)13(2,3)4;/h10H,5-7,9H2,1-4H3;. The minimum absolute atomic E-state index is 0.379. The van der Waals surface area contributed by atoms with Gasteiger partial charge in [0, 0.05) is 0 Å². The van der Waals surface area contributed by atoms with Crippen LogP contribution in [0.3, 0.4) is 0 Å². The van der Waals surface area contributed by atoms with E-state index in [1.165, 1.54) is 50.1 Å². The van der Waals surface area contributed by atoms with Gasteiger partial charge in [-0.1, -0.05) is 0 Å². The molecule has 0 saturated carbocycles. The van der Waals surface area contributed by atoms with Crippen LogP contribution in [0.4, 0.5) is 0 Å². The van der Waals surface area contributed by atoms with E-state index in [-0.39, 0.29) is 0 Å². The van der Waals surface area contributed by atoms with E-state index in [1.54, 1.807) is 14.5 Å². The second-order valence-electron chi connectivity index (χ2n) is 5.20. The maximum atomic E-state index is 2.48. The van der Waals surface area contributed by atoms with E-state index in [1.807, 2.05) is 0 Å². The second-order valence-corrected chi connectivity index (χ2v) is 7.37. The van der Waals surface area contributed by atoms with Crippen LogP contribution in [-0.2, 0) is 24.4 Å². The third-order valence-corrected chi connectivity index (χ3v) is 4.66. The summed E-state index contributed by atoms with van der Waals surface area (Å²) in [6.45, 7) is 9.26. The summed E-state index contributed by atoms with van der Waals surface area (Å²) < 4.78 is 1.74. The predicted octanol–water partition coefficient (Wildman–Crippen LogP) is 4.35. The molecule has 0 heterocycles. The van der Waals surface area contributed by atoms with Crippen LogP contribution >= 0.6 is 0 Å². The SMILES string of the molecule is CCCCC1=[C]([Hf])CC(C(C)(C)C)=C1. The molecule has 0 aromatic carbocycles. The van der Waals surface area contributed by atoms with Crippen LogP contribution in [0, 0.1) is 5.41 Å². The van der Waals surface area contributed by atoms with E-state index in [4.69, 9.17) is 0 Å². The average molecular weight is 356 g/mol. The van der Waals surface area contributed by atoms with Gasteiger partial charge in [-0.05, 0) is 0 Å². The summed E-state index contributed by atoms with van der Waals surface area (Å²) in [5.74, 6) is 0. The third-order valence-electron chi connectivity index (χ3n) is 2.87. The van der Waals surface area contributed by atoms with Gasteiger partial charge >= 0.3 is 104 Å². The molecule has 14 heavy (non-hydrogen) atoms. The first kappa shape index (κ1) is 12.4. The molecular weight excluding hydrogens is 335 g/mol. The second kappa shape index (κ2) is 4.92. The molecule has 0 unspecified atom stereocenters. The zero-order valence-corrected chi connectivity index (χ0v) is 13.5. The van der Waals surface area contributed by atoms with Crippen LogP contribution in [0.2, 0.25) is 0 Å². The number of unbranched alkanes of at least 4 members (excludes halogenated alkanes) is 1. The van der Waals surface area contributed by atoms with Gasteiger partial charge < -0.3 is 0 Å². The molecule has 77 valence electrons. The van der Waals surface area contributed by atoms with E-state index in [2.05, 4.69) is 33.8 Å². The van der Waals surface area contributed by atoms with Crippen molar-refractivity contribution in [3.05, 3.63) is 20.6 Å². The molecule has 0 amide bonds. The number of hydrogen-bond acceptors (Lipinski definition) is 0. The molecule has 1 heteroatoms. The Morgan fingerprint density at radius 2 is 2.00 bits per heavy atom.